The van der Waals surface area contributed by atoms with Gasteiger partial charge in [0, 0.05) is 36.9 Å². The fourth-order valence-corrected chi connectivity index (χ4v) is 5.11. The van der Waals surface area contributed by atoms with Crippen LogP contribution in [0.3, 0.4) is 0 Å². The van der Waals surface area contributed by atoms with Crippen molar-refractivity contribution in [2.24, 2.45) is 0 Å². The van der Waals surface area contributed by atoms with Crippen molar-refractivity contribution in [1.29, 1.82) is 5.26 Å². The average Bonchev–Trinajstić information content (AvgIpc) is 2.89. The topological polar surface area (TPSA) is 82.3 Å². The Balaban J connectivity index is 1.42. The van der Waals surface area contributed by atoms with Crippen molar-refractivity contribution in [3.05, 3.63) is 59.2 Å². The molecule has 1 saturated heterocycles. The number of nitrogens with zero attached hydrogens (tertiary/aromatic N) is 5. The van der Waals surface area contributed by atoms with E-state index in [4.69, 9.17) is 26.3 Å². The quantitative estimate of drug-likeness (QED) is 0.461. The van der Waals surface area contributed by atoms with Gasteiger partial charge < -0.3 is 14.5 Å². The van der Waals surface area contributed by atoms with Crippen LogP contribution in [-0.2, 0) is 9.53 Å². The molecule has 3 aromatic rings. The van der Waals surface area contributed by atoms with Gasteiger partial charge in [-0.05, 0) is 56.0 Å². The van der Waals surface area contributed by atoms with Gasteiger partial charge in [-0.25, -0.2) is 9.97 Å². The zero-order chi connectivity index (χ0) is 24.2. The van der Waals surface area contributed by atoms with E-state index < -0.39 is 11.9 Å². The smallest absolute Gasteiger partial charge is 0.329 e. The number of fused-ring (bicyclic) bond motifs is 1. The number of anilines is 2. The first-order valence-corrected chi connectivity index (χ1v) is 12.6. The van der Waals surface area contributed by atoms with Gasteiger partial charge in [-0.1, -0.05) is 36.2 Å². The van der Waals surface area contributed by atoms with Gasteiger partial charge >= 0.3 is 5.97 Å². The molecule has 0 bridgehead atoms. The molecule has 2 aromatic carbocycles. The van der Waals surface area contributed by atoms with Crippen molar-refractivity contribution >= 4 is 40.1 Å². The third-order valence-electron chi connectivity index (χ3n) is 6.80. The molecule has 1 atom stereocenters. The molecule has 2 heterocycles. The fraction of sp³-hybridized carbons (Fsp3) is 0.407. The van der Waals surface area contributed by atoms with Crippen molar-refractivity contribution in [3.63, 3.8) is 0 Å². The Bertz CT molecular complexity index is 1250. The van der Waals surface area contributed by atoms with Crippen LogP contribution in [0.4, 0.5) is 11.5 Å². The summed E-state index contributed by atoms with van der Waals surface area (Å²) in [7, 11) is 0. The summed E-state index contributed by atoms with van der Waals surface area (Å²) in [6.45, 7) is 2.89. The monoisotopic (exact) mass is 489 g/mol. The number of carbonyl (C=O) groups is 1. The minimum Gasteiger partial charge on any atom is -0.461 e. The van der Waals surface area contributed by atoms with E-state index in [0.717, 1.165) is 56.4 Å². The minimum atomic E-state index is -1.12. The maximum Gasteiger partial charge on any atom is 0.329 e. The van der Waals surface area contributed by atoms with Gasteiger partial charge in [0.15, 0.2) is 11.7 Å². The van der Waals surface area contributed by atoms with E-state index in [2.05, 4.69) is 21.9 Å². The number of aromatic nitrogens is 2. The van der Waals surface area contributed by atoms with Crippen LogP contribution >= 0.6 is 11.6 Å². The third-order valence-corrected chi connectivity index (χ3v) is 7.04. The largest absolute Gasteiger partial charge is 0.461 e. The molecule has 0 N–H and O–H groups in total. The number of benzene rings is 2. The highest BCUT2D eigenvalue weighted by atomic mass is 35.5. The van der Waals surface area contributed by atoms with Gasteiger partial charge in [-0.3, -0.25) is 4.79 Å². The van der Waals surface area contributed by atoms with Gasteiger partial charge in [0.2, 0.25) is 0 Å². The second-order valence-corrected chi connectivity index (χ2v) is 9.57. The van der Waals surface area contributed by atoms with E-state index in [1.165, 1.54) is 0 Å². The predicted molar refractivity (Wildman–Crippen MR) is 137 cm³/mol. The van der Waals surface area contributed by atoms with Crippen molar-refractivity contribution < 1.29 is 9.53 Å². The molecule has 0 spiro atoms. The van der Waals surface area contributed by atoms with Crippen LogP contribution in [0.25, 0.3) is 11.0 Å². The maximum atomic E-state index is 13.1. The van der Waals surface area contributed by atoms with Crippen LogP contribution in [0.15, 0.2) is 48.5 Å². The zero-order valence-electron chi connectivity index (χ0n) is 19.6. The van der Waals surface area contributed by atoms with Gasteiger partial charge in [-0.2, -0.15) is 5.26 Å². The van der Waals surface area contributed by atoms with Crippen molar-refractivity contribution in [2.75, 3.05) is 36.0 Å². The molecule has 2 aliphatic rings. The number of piperazine rings is 1. The molecule has 180 valence electrons. The van der Waals surface area contributed by atoms with Crippen molar-refractivity contribution in [3.8, 4) is 6.07 Å². The summed E-state index contributed by atoms with van der Waals surface area (Å²) < 4.78 is 5.77. The standard InChI is InChI=1S/C27H28ClN5O2/c28-19-7-6-8-20(17-19)32-13-15-33(16-14-32)26-25(30-23-11-4-5-12-24(23)31-26)22(18-29)27(34)35-21-9-2-1-3-10-21/h4-8,11-12,17,21-22H,1-3,9-10,13-16H2/t22-/m0/s1. The van der Waals surface area contributed by atoms with Crippen LogP contribution in [0.5, 0.6) is 0 Å². The summed E-state index contributed by atoms with van der Waals surface area (Å²) in [5.74, 6) is -1.06. The first-order valence-electron chi connectivity index (χ1n) is 12.2. The Labute approximate surface area is 210 Å². The second-order valence-electron chi connectivity index (χ2n) is 9.13. The number of carbonyl (C=O) groups excluding carboxylic acids is 1. The van der Waals surface area contributed by atoms with Gasteiger partial charge in [-0.15, -0.1) is 0 Å². The molecule has 7 nitrogen and oxygen atoms in total. The number of hydrogen-bond acceptors (Lipinski definition) is 7. The number of halogens is 1. The second kappa shape index (κ2) is 10.5. The van der Waals surface area contributed by atoms with Gasteiger partial charge in [0.25, 0.3) is 0 Å². The summed E-state index contributed by atoms with van der Waals surface area (Å²) in [5.41, 5.74) is 2.85. The third kappa shape index (κ3) is 5.18. The fourth-order valence-electron chi connectivity index (χ4n) is 4.92. The first kappa shape index (κ1) is 23.4. The number of ether oxygens (including phenoxy) is 1. The summed E-state index contributed by atoms with van der Waals surface area (Å²) in [6.07, 6.45) is 4.85. The lowest BCUT2D eigenvalue weighted by molar-refractivity contribution is -0.150. The Hall–Kier alpha value is -3.37. The number of nitriles is 1. The summed E-state index contributed by atoms with van der Waals surface area (Å²) in [5, 5.41) is 10.7. The maximum absolute atomic E-state index is 13.1. The Morgan fingerprint density at radius 1 is 0.971 bits per heavy atom. The molecule has 1 aliphatic heterocycles. The number of rotatable bonds is 5. The Kier molecular flexibility index (Phi) is 7.01. The Morgan fingerprint density at radius 3 is 2.34 bits per heavy atom. The average molecular weight is 490 g/mol. The molecule has 1 aromatic heterocycles. The van der Waals surface area contributed by atoms with Crippen LogP contribution in [0.1, 0.15) is 43.7 Å². The van der Waals surface area contributed by atoms with Gasteiger partial charge in [0.1, 0.15) is 11.8 Å². The molecule has 0 radical (unpaired) electrons. The number of esters is 1. The lowest BCUT2D eigenvalue weighted by Gasteiger charge is -2.37. The number of para-hydroxylation sites is 2. The lowest BCUT2D eigenvalue weighted by atomic mass is 9.97. The highest BCUT2D eigenvalue weighted by Crippen LogP contribution is 2.31. The van der Waals surface area contributed by atoms with Gasteiger partial charge in [0.05, 0.1) is 17.1 Å². The van der Waals surface area contributed by atoms with E-state index in [9.17, 15) is 10.1 Å². The summed E-state index contributed by atoms with van der Waals surface area (Å²) >= 11 is 6.19. The summed E-state index contributed by atoms with van der Waals surface area (Å²) in [6, 6.07) is 17.5. The normalized spacial score (nSPS) is 17.7. The van der Waals surface area contributed by atoms with Crippen molar-refractivity contribution in [2.45, 2.75) is 44.1 Å². The van der Waals surface area contributed by atoms with Crippen LogP contribution < -0.4 is 9.80 Å². The molecule has 0 unspecified atom stereocenters. The summed E-state index contributed by atoms with van der Waals surface area (Å²) in [4.78, 5) is 27.2. The molecular formula is C27H28ClN5O2. The molecule has 1 saturated carbocycles. The molecular weight excluding hydrogens is 462 g/mol. The zero-order valence-corrected chi connectivity index (χ0v) is 20.3. The molecule has 0 amide bonds. The Morgan fingerprint density at radius 2 is 1.66 bits per heavy atom. The predicted octanol–water partition coefficient (Wildman–Crippen LogP) is 5.09. The van der Waals surface area contributed by atoms with E-state index in [0.29, 0.717) is 35.1 Å². The van der Waals surface area contributed by atoms with E-state index in [1.54, 1.807) is 0 Å². The number of hydrogen-bond donors (Lipinski definition) is 0. The minimum absolute atomic E-state index is 0.120. The molecule has 2 fully saturated rings. The highest BCUT2D eigenvalue weighted by molar-refractivity contribution is 6.30. The van der Waals surface area contributed by atoms with Crippen molar-refractivity contribution in [1.82, 2.24) is 9.97 Å². The molecule has 1 aliphatic carbocycles. The highest BCUT2D eigenvalue weighted by Gasteiger charge is 2.33. The van der Waals surface area contributed by atoms with Crippen LogP contribution in [0, 0.1) is 11.3 Å². The van der Waals surface area contributed by atoms with E-state index in [-0.39, 0.29) is 6.10 Å². The first-order chi connectivity index (χ1) is 17.1. The van der Waals surface area contributed by atoms with E-state index >= 15 is 0 Å². The molecule has 8 heteroatoms. The van der Waals surface area contributed by atoms with E-state index in [1.807, 2.05) is 42.5 Å². The SMILES string of the molecule is N#C[C@H](C(=O)OC1CCCCC1)c1nc2ccccc2nc1N1CCN(c2cccc(Cl)c2)CC1. The lowest BCUT2D eigenvalue weighted by Crippen LogP contribution is -2.47. The molecule has 5 rings (SSSR count). The molecule has 35 heavy (non-hydrogen) atoms. The van der Waals surface area contributed by atoms with Crippen LogP contribution in [-0.4, -0.2) is 48.2 Å². The van der Waals surface area contributed by atoms with Crippen LogP contribution in [0.2, 0.25) is 5.02 Å².